The SMILES string of the molecule is CCCNC(c1ccc(OC)c(Cl)c1OC)C1CC1(C)C. The van der Waals surface area contributed by atoms with E-state index < -0.39 is 0 Å². The van der Waals surface area contributed by atoms with Crippen LogP contribution in [-0.4, -0.2) is 20.8 Å². The van der Waals surface area contributed by atoms with E-state index in [1.165, 1.54) is 6.42 Å². The number of ether oxygens (including phenoxy) is 2. The molecule has 3 nitrogen and oxygen atoms in total. The highest BCUT2D eigenvalue weighted by Gasteiger charge is 2.51. The summed E-state index contributed by atoms with van der Waals surface area (Å²) in [4.78, 5) is 0. The molecule has 4 heteroatoms. The zero-order valence-corrected chi connectivity index (χ0v) is 14.4. The van der Waals surface area contributed by atoms with Gasteiger partial charge >= 0.3 is 0 Å². The summed E-state index contributed by atoms with van der Waals surface area (Å²) in [5, 5.41) is 4.22. The fourth-order valence-corrected chi connectivity index (χ4v) is 3.34. The van der Waals surface area contributed by atoms with Crippen molar-refractivity contribution in [3.8, 4) is 11.5 Å². The smallest absolute Gasteiger partial charge is 0.146 e. The van der Waals surface area contributed by atoms with Crippen molar-refractivity contribution in [2.45, 2.75) is 39.7 Å². The number of nitrogens with one attached hydrogen (secondary N) is 1. The molecule has 0 saturated heterocycles. The summed E-state index contributed by atoms with van der Waals surface area (Å²) in [5.41, 5.74) is 1.51. The quantitative estimate of drug-likeness (QED) is 0.807. The van der Waals surface area contributed by atoms with E-state index in [0.29, 0.717) is 22.1 Å². The van der Waals surface area contributed by atoms with Gasteiger partial charge < -0.3 is 14.8 Å². The van der Waals surface area contributed by atoms with Crippen LogP contribution in [0.25, 0.3) is 0 Å². The van der Waals surface area contributed by atoms with E-state index in [0.717, 1.165) is 24.3 Å². The molecule has 118 valence electrons. The average Bonchev–Trinajstić information content (AvgIpc) is 3.08. The molecule has 0 aromatic heterocycles. The first-order valence-electron chi connectivity index (χ1n) is 7.60. The van der Waals surface area contributed by atoms with Gasteiger partial charge in [0.15, 0.2) is 0 Å². The second-order valence-corrected chi connectivity index (χ2v) is 6.81. The summed E-state index contributed by atoms with van der Waals surface area (Å²) in [6.07, 6.45) is 2.33. The molecule has 2 unspecified atom stereocenters. The summed E-state index contributed by atoms with van der Waals surface area (Å²) in [6.45, 7) is 7.80. The van der Waals surface area contributed by atoms with Gasteiger partial charge in [-0.1, -0.05) is 32.4 Å². The second-order valence-electron chi connectivity index (χ2n) is 6.44. The molecule has 0 spiro atoms. The Morgan fingerprint density at radius 1 is 1.33 bits per heavy atom. The van der Waals surface area contributed by atoms with Crippen molar-refractivity contribution in [3.05, 3.63) is 22.7 Å². The number of methoxy groups -OCH3 is 2. The van der Waals surface area contributed by atoms with Crippen LogP contribution in [0.1, 0.15) is 45.2 Å². The van der Waals surface area contributed by atoms with E-state index in [1.54, 1.807) is 14.2 Å². The summed E-state index contributed by atoms with van der Waals surface area (Å²) >= 11 is 6.41. The fourth-order valence-electron chi connectivity index (χ4n) is 3.01. The van der Waals surface area contributed by atoms with Crippen LogP contribution in [0.4, 0.5) is 0 Å². The van der Waals surface area contributed by atoms with E-state index in [4.69, 9.17) is 21.1 Å². The van der Waals surface area contributed by atoms with Gasteiger partial charge in [0.25, 0.3) is 0 Å². The molecule has 1 fully saturated rings. The predicted molar refractivity (Wildman–Crippen MR) is 87.5 cm³/mol. The van der Waals surface area contributed by atoms with Crippen molar-refractivity contribution >= 4 is 11.6 Å². The molecule has 0 amide bonds. The highest BCUT2D eigenvalue weighted by atomic mass is 35.5. The van der Waals surface area contributed by atoms with Crippen LogP contribution in [-0.2, 0) is 0 Å². The third kappa shape index (κ3) is 3.29. The first-order chi connectivity index (χ1) is 9.96. The van der Waals surface area contributed by atoms with E-state index in [-0.39, 0.29) is 6.04 Å². The van der Waals surface area contributed by atoms with Gasteiger partial charge in [0, 0.05) is 11.6 Å². The topological polar surface area (TPSA) is 30.5 Å². The lowest BCUT2D eigenvalue weighted by Gasteiger charge is -2.24. The molecule has 0 heterocycles. The standard InChI is InChI=1S/C17H26ClNO2/c1-6-9-19-15(12-10-17(12,2)3)11-7-8-13(20-4)14(18)16(11)21-5/h7-8,12,15,19H,6,9-10H2,1-5H3. The number of hydrogen-bond acceptors (Lipinski definition) is 3. The molecule has 2 rings (SSSR count). The van der Waals surface area contributed by atoms with Crippen LogP contribution in [0.3, 0.4) is 0 Å². The van der Waals surface area contributed by atoms with Crippen molar-refractivity contribution in [2.75, 3.05) is 20.8 Å². The Kier molecular flexibility index (Phi) is 5.05. The van der Waals surface area contributed by atoms with Gasteiger partial charge in [0.05, 0.1) is 14.2 Å². The Bertz CT molecular complexity index is 502. The minimum Gasteiger partial charge on any atom is -0.495 e. The van der Waals surface area contributed by atoms with E-state index in [2.05, 4.69) is 32.2 Å². The van der Waals surface area contributed by atoms with Crippen LogP contribution < -0.4 is 14.8 Å². The highest BCUT2D eigenvalue weighted by Crippen LogP contribution is 2.59. The Morgan fingerprint density at radius 2 is 2.00 bits per heavy atom. The number of halogens is 1. The molecule has 1 N–H and O–H groups in total. The van der Waals surface area contributed by atoms with E-state index in [9.17, 15) is 0 Å². The van der Waals surface area contributed by atoms with Gasteiger partial charge in [-0.25, -0.2) is 0 Å². The van der Waals surface area contributed by atoms with Crippen molar-refractivity contribution in [3.63, 3.8) is 0 Å². The van der Waals surface area contributed by atoms with Gasteiger partial charge in [-0.15, -0.1) is 0 Å². The molecule has 1 aliphatic rings. The summed E-state index contributed by atoms with van der Waals surface area (Å²) in [6, 6.07) is 4.28. The van der Waals surface area contributed by atoms with Gasteiger partial charge in [-0.2, -0.15) is 0 Å². The average molecular weight is 312 g/mol. The minimum atomic E-state index is 0.276. The van der Waals surface area contributed by atoms with Crippen LogP contribution in [0.15, 0.2) is 12.1 Å². The molecule has 0 bridgehead atoms. The number of hydrogen-bond donors (Lipinski definition) is 1. The normalized spacial score (nSPS) is 21.0. The molecular weight excluding hydrogens is 286 g/mol. The molecule has 1 aromatic rings. The van der Waals surface area contributed by atoms with Crippen LogP contribution in [0.2, 0.25) is 5.02 Å². The van der Waals surface area contributed by atoms with Gasteiger partial charge in [-0.05, 0) is 42.9 Å². The van der Waals surface area contributed by atoms with Gasteiger partial charge in [0.2, 0.25) is 0 Å². The lowest BCUT2D eigenvalue weighted by molar-refractivity contribution is 0.367. The maximum atomic E-state index is 6.41. The first-order valence-corrected chi connectivity index (χ1v) is 7.97. The molecule has 0 radical (unpaired) electrons. The van der Waals surface area contributed by atoms with Crippen LogP contribution in [0.5, 0.6) is 11.5 Å². The molecule has 1 aliphatic carbocycles. The Balaban J connectivity index is 2.37. The minimum absolute atomic E-state index is 0.276. The number of benzene rings is 1. The molecule has 2 atom stereocenters. The highest BCUT2D eigenvalue weighted by molar-refractivity contribution is 6.33. The third-order valence-corrected chi connectivity index (χ3v) is 4.82. The lowest BCUT2D eigenvalue weighted by atomic mass is 9.95. The van der Waals surface area contributed by atoms with Crippen molar-refractivity contribution in [2.24, 2.45) is 11.3 Å². The van der Waals surface area contributed by atoms with Gasteiger partial charge in [0.1, 0.15) is 16.5 Å². The monoisotopic (exact) mass is 311 g/mol. The lowest BCUT2D eigenvalue weighted by Crippen LogP contribution is -2.26. The number of rotatable bonds is 7. The van der Waals surface area contributed by atoms with Crippen LogP contribution in [0, 0.1) is 11.3 Å². The van der Waals surface area contributed by atoms with Crippen molar-refractivity contribution in [1.29, 1.82) is 0 Å². The summed E-state index contributed by atoms with van der Waals surface area (Å²) < 4.78 is 10.9. The third-order valence-electron chi connectivity index (χ3n) is 4.46. The second kappa shape index (κ2) is 6.45. The molecule has 21 heavy (non-hydrogen) atoms. The zero-order valence-electron chi connectivity index (χ0n) is 13.6. The van der Waals surface area contributed by atoms with Gasteiger partial charge in [-0.3, -0.25) is 0 Å². The van der Waals surface area contributed by atoms with E-state index in [1.807, 2.05) is 6.07 Å². The Hall–Kier alpha value is -0.930. The Morgan fingerprint density at radius 3 is 2.48 bits per heavy atom. The van der Waals surface area contributed by atoms with Crippen molar-refractivity contribution in [1.82, 2.24) is 5.32 Å². The maximum absolute atomic E-state index is 6.41. The molecule has 1 saturated carbocycles. The largest absolute Gasteiger partial charge is 0.495 e. The van der Waals surface area contributed by atoms with Crippen molar-refractivity contribution < 1.29 is 9.47 Å². The molecular formula is C17H26ClNO2. The first kappa shape index (κ1) is 16.4. The molecule has 0 aliphatic heterocycles. The maximum Gasteiger partial charge on any atom is 0.146 e. The van der Waals surface area contributed by atoms with E-state index >= 15 is 0 Å². The summed E-state index contributed by atoms with van der Waals surface area (Å²) in [5.74, 6) is 2.00. The summed E-state index contributed by atoms with van der Waals surface area (Å²) in [7, 11) is 3.29. The predicted octanol–water partition coefficient (Wildman–Crippen LogP) is 4.44. The fraction of sp³-hybridized carbons (Fsp3) is 0.647. The van der Waals surface area contributed by atoms with Crippen LogP contribution >= 0.6 is 11.6 Å². The Labute approximate surface area is 133 Å². The molecule has 1 aromatic carbocycles. The zero-order chi connectivity index (χ0) is 15.6.